The van der Waals surface area contributed by atoms with E-state index in [-0.39, 0.29) is 5.91 Å². The van der Waals surface area contributed by atoms with E-state index in [1.54, 1.807) is 11.9 Å². The lowest BCUT2D eigenvalue weighted by atomic mass is 10.1. The lowest BCUT2D eigenvalue weighted by molar-refractivity contribution is -0.118. The van der Waals surface area contributed by atoms with E-state index < -0.39 is 0 Å². The fourth-order valence-corrected chi connectivity index (χ4v) is 2.10. The van der Waals surface area contributed by atoms with Crippen LogP contribution < -0.4 is 20.1 Å². The first-order valence-corrected chi connectivity index (χ1v) is 6.50. The standard InChI is InChI=1S/C14H20N2O3/c1-10-8-12-13(19-7-6-18-12)9-11(10)16(2)14(17)4-3-5-15/h8-9H,3-7,15H2,1-2H3. The molecule has 0 bridgehead atoms. The van der Waals surface area contributed by atoms with Crippen molar-refractivity contribution in [1.29, 1.82) is 0 Å². The molecule has 0 atom stereocenters. The quantitative estimate of drug-likeness (QED) is 0.894. The molecule has 1 heterocycles. The van der Waals surface area contributed by atoms with Gasteiger partial charge in [-0.3, -0.25) is 4.79 Å². The average molecular weight is 264 g/mol. The Hall–Kier alpha value is -1.75. The van der Waals surface area contributed by atoms with E-state index in [1.165, 1.54) is 0 Å². The number of aryl methyl sites for hydroxylation is 1. The SMILES string of the molecule is Cc1cc2c(cc1N(C)C(=O)CCCN)OCCO2. The lowest BCUT2D eigenvalue weighted by Gasteiger charge is -2.24. The Morgan fingerprint density at radius 3 is 2.58 bits per heavy atom. The van der Waals surface area contributed by atoms with E-state index in [9.17, 15) is 4.79 Å². The predicted octanol–water partition coefficient (Wildman–Crippen LogP) is 1.47. The molecule has 1 aromatic carbocycles. The molecule has 0 spiro atoms. The van der Waals surface area contributed by atoms with Gasteiger partial charge in [0.25, 0.3) is 0 Å². The van der Waals surface area contributed by atoms with Crippen molar-refractivity contribution in [2.45, 2.75) is 19.8 Å². The van der Waals surface area contributed by atoms with E-state index in [2.05, 4.69) is 0 Å². The van der Waals surface area contributed by atoms with Crippen molar-refractivity contribution in [2.75, 3.05) is 31.7 Å². The summed E-state index contributed by atoms with van der Waals surface area (Å²) in [4.78, 5) is 13.7. The molecule has 1 aliphatic heterocycles. The molecule has 2 N–H and O–H groups in total. The highest BCUT2D eigenvalue weighted by Crippen LogP contribution is 2.36. The van der Waals surface area contributed by atoms with Gasteiger partial charge in [0.2, 0.25) is 5.91 Å². The highest BCUT2D eigenvalue weighted by atomic mass is 16.6. The summed E-state index contributed by atoms with van der Waals surface area (Å²) in [6.45, 7) is 3.59. The van der Waals surface area contributed by atoms with Gasteiger partial charge in [-0.25, -0.2) is 0 Å². The molecule has 104 valence electrons. The molecule has 19 heavy (non-hydrogen) atoms. The maximum atomic E-state index is 12.0. The predicted molar refractivity (Wildman–Crippen MR) is 73.9 cm³/mol. The first-order valence-electron chi connectivity index (χ1n) is 6.50. The van der Waals surface area contributed by atoms with Gasteiger partial charge < -0.3 is 20.1 Å². The zero-order valence-electron chi connectivity index (χ0n) is 11.4. The molecule has 1 aromatic rings. The molecule has 0 aliphatic carbocycles. The molecule has 0 unspecified atom stereocenters. The Labute approximate surface area is 113 Å². The molecule has 1 aliphatic rings. The minimum Gasteiger partial charge on any atom is -0.486 e. The van der Waals surface area contributed by atoms with E-state index in [0.29, 0.717) is 38.3 Å². The molecule has 2 rings (SSSR count). The number of hydrogen-bond acceptors (Lipinski definition) is 4. The van der Waals surface area contributed by atoms with Gasteiger partial charge in [0, 0.05) is 19.5 Å². The maximum absolute atomic E-state index is 12.0. The first kappa shape index (κ1) is 13.7. The summed E-state index contributed by atoms with van der Waals surface area (Å²) in [6.07, 6.45) is 1.16. The molecule has 5 heteroatoms. The molecule has 0 fully saturated rings. The first-order chi connectivity index (χ1) is 9.13. The second-order valence-electron chi connectivity index (χ2n) is 4.63. The molecule has 0 saturated carbocycles. The van der Waals surface area contributed by atoms with E-state index in [1.807, 2.05) is 19.1 Å². The fourth-order valence-electron chi connectivity index (χ4n) is 2.10. The largest absolute Gasteiger partial charge is 0.486 e. The summed E-state index contributed by atoms with van der Waals surface area (Å²) in [5, 5.41) is 0. The third-order valence-electron chi connectivity index (χ3n) is 3.19. The van der Waals surface area contributed by atoms with Crippen molar-refractivity contribution < 1.29 is 14.3 Å². The van der Waals surface area contributed by atoms with Crippen molar-refractivity contribution in [1.82, 2.24) is 0 Å². The summed E-state index contributed by atoms with van der Waals surface area (Å²) < 4.78 is 11.1. The maximum Gasteiger partial charge on any atom is 0.226 e. The Morgan fingerprint density at radius 2 is 1.95 bits per heavy atom. The van der Waals surface area contributed by atoms with Crippen molar-refractivity contribution in [3.05, 3.63) is 17.7 Å². The van der Waals surface area contributed by atoms with Crippen molar-refractivity contribution >= 4 is 11.6 Å². The van der Waals surface area contributed by atoms with Gasteiger partial charge in [-0.2, -0.15) is 0 Å². The smallest absolute Gasteiger partial charge is 0.226 e. The Bertz CT molecular complexity index is 474. The summed E-state index contributed by atoms with van der Waals surface area (Å²) in [7, 11) is 1.78. The van der Waals surface area contributed by atoms with Crippen LogP contribution in [-0.4, -0.2) is 32.7 Å². The molecular weight excluding hydrogens is 244 g/mol. The van der Waals surface area contributed by atoms with Crippen LogP contribution >= 0.6 is 0 Å². The second-order valence-corrected chi connectivity index (χ2v) is 4.63. The van der Waals surface area contributed by atoms with Crippen LogP contribution in [0.3, 0.4) is 0 Å². The number of amides is 1. The molecule has 0 saturated heterocycles. The minimum atomic E-state index is 0.0604. The lowest BCUT2D eigenvalue weighted by Crippen LogP contribution is -2.27. The van der Waals surface area contributed by atoms with Gasteiger partial charge >= 0.3 is 0 Å². The van der Waals surface area contributed by atoms with Gasteiger partial charge in [0.05, 0.1) is 5.69 Å². The highest BCUT2D eigenvalue weighted by Gasteiger charge is 2.18. The van der Waals surface area contributed by atoms with Crippen molar-refractivity contribution in [3.8, 4) is 11.5 Å². The van der Waals surface area contributed by atoms with Crippen LogP contribution in [0.1, 0.15) is 18.4 Å². The molecule has 0 radical (unpaired) electrons. The number of rotatable bonds is 4. The Kier molecular flexibility index (Phi) is 4.27. The zero-order chi connectivity index (χ0) is 13.8. The van der Waals surface area contributed by atoms with Gasteiger partial charge in [0.15, 0.2) is 11.5 Å². The van der Waals surface area contributed by atoms with E-state index in [4.69, 9.17) is 15.2 Å². The van der Waals surface area contributed by atoms with E-state index >= 15 is 0 Å². The monoisotopic (exact) mass is 264 g/mol. The minimum absolute atomic E-state index is 0.0604. The number of fused-ring (bicyclic) bond motifs is 1. The van der Waals surface area contributed by atoms with Crippen LogP contribution in [0.15, 0.2) is 12.1 Å². The summed E-state index contributed by atoms with van der Waals surface area (Å²) in [5.41, 5.74) is 7.28. The Balaban J connectivity index is 2.21. The van der Waals surface area contributed by atoms with Gasteiger partial charge in [-0.05, 0) is 31.5 Å². The van der Waals surface area contributed by atoms with Crippen LogP contribution in [0, 0.1) is 6.92 Å². The van der Waals surface area contributed by atoms with Crippen LogP contribution in [0.4, 0.5) is 5.69 Å². The number of ether oxygens (including phenoxy) is 2. The number of hydrogen-bond donors (Lipinski definition) is 1. The summed E-state index contributed by atoms with van der Waals surface area (Å²) >= 11 is 0. The number of benzene rings is 1. The number of carbonyl (C=O) groups excluding carboxylic acids is 1. The summed E-state index contributed by atoms with van der Waals surface area (Å²) in [6, 6.07) is 3.78. The van der Waals surface area contributed by atoms with Gasteiger partial charge in [-0.15, -0.1) is 0 Å². The second kappa shape index (κ2) is 5.93. The van der Waals surface area contributed by atoms with Crippen LogP contribution in [-0.2, 0) is 4.79 Å². The van der Waals surface area contributed by atoms with E-state index in [0.717, 1.165) is 17.0 Å². The average Bonchev–Trinajstić information content (AvgIpc) is 2.43. The van der Waals surface area contributed by atoms with Crippen LogP contribution in [0.25, 0.3) is 0 Å². The third-order valence-corrected chi connectivity index (χ3v) is 3.19. The third kappa shape index (κ3) is 2.98. The summed E-state index contributed by atoms with van der Waals surface area (Å²) in [5.74, 6) is 1.51. The Morgan fingerprint density at radius 1 is 1.32 bits per heavy atom. The van der Waals surface area contributed by atoms with Gasteiger partial charge in [-0.1, -0.05) is 0 Å². The number of carbonyl (C=O) groups is 1. The molecule has 0 aromatic heterocycles. The number of nitrogens with zero attached hydrogens (tertiary/aromatic N) is 1. The number of nitrogens with two attached hydrogens (primary N) is 1. The highest BCUT2D eigenvalue weighted by molar-refractivity contribution is 5.94. The topological polar surface area (TPSA) is 64.8 Å². The zero-order valence-corrected chi connectivity index (χ0v) is 11.4. The molecule has 5 nitrogen and oxygen atoms in total. The van der Waals surface area contributed by atoms with Crippen LogP contribution in [0.2, 0.25) is 0 Å². The molecular formula is C14H20N2O3. The van der Waals surface area contributed by atoms with Crippen molar-refractivity contribution in [3.63, 3.8) is 0 Å². The fraction of sp³-hybridized carbons (Fsp3) is 0.500. The van der Waals surface area contributed by atoms with Crippen molar-refractivity contribution in [2.24, 2.45) is 5.73 Å². The van der Waals surface area contributed by atoms with Gasteiger partial charge in [0.1, 0.15) is 13.2 Å². The normalized spacial score (nSPS) is 13.2. The molecule has 1 amide bonds. The number of anilines is 1. The van der Waals surface area contributed by atoms with Crippen LogP contribution in [0.5, 0.6) is 11.5 Å².